The minimum atomic E-state index is -0.561. The zero-order valence-corrected chi connectivity index (χ0v) is 13.5. The zero-order chi connectivity index (χ0) is 17.8. The van der Waals surface area contributed by atoms with Crippen molar-refractivity contribution in [1.29, 1.82) is 0 Å². The molecule has 2 aromatic carbocycles. The van der Waals surface area contributed by atoms with Crippen LogP contribution in [0.2, 0.25) is 0 Å². The van der Waals surface area contributed by atoms with Crippen molar-refractivity contribution < 1.29 is 18.9 Å². The number of carbonyl (C=O) groups is 1. The van der Waals surface area contributed by atoms with Crippen molar-refractivity contribution in [2.24, 2.45) is 0 Å². The molecule has 0 saturated carbocycles. The summed E-state index contributed by atoms with van der Waals surface area (Å²) >= 11 is 0. The summed E-state index contributed by atoms with van der Waals surface area (Å²) in [6.07, 6.45) is 0. The molecule has 0 bridgehead atoms. The zero-order valence-electron chi connectivity index (χ0n) is 13.5. The third kappa shape index (κ3) is 3.92. The van der Waals surface area contributed by atoms with E-state index in [1.165, 1.54) is 18.2 Å². The number of rotatable bonds is 5. The van der Waals surface area contributed by atoms with Crippen molar-refractivity contribution in [3.8, 4) is 11.3 Å². The standard InChI is InChI=1S/C19H15NO5/c1-13-2-4-14(5-3-13)12-24-19(21)18-11-10-17(25-18)15-6-8-16(9-7-15)20(22)23/h2-11H,12H2,1H3. The predicted octanol–water partition coefficient (Wildman–Crippen LogP) is 4.52. The van der Waals surface area contributed by atoms with E-state index in [4.69, 9.17) is 9.15 Å². The third-order valence-electron chi connectivity index (χ3n) is 3.66. The number of ether oxygens (including phenoxy) is 1. The number of benzene rings is 2. The lowest BCUT2D eigenvalue weighted by atomic mass is 10.1. The van der Waals surface area contributed by atoms with Gasteiger partial charge in [-0.1, -0.05) is 29.8 Å². The fourth-order valence-electron chi connectivity index (χ4n) is 2.25. The fraction of sp³-hybridized carbons (Fsp3) is 0.105. The number of hydrogen-bond donors (Lipinski definition) is 0. The molecule has 1 heterocycles. The van der Waals surface area contributed by atoms with Crippen molar-refractivity contribution in [1.82, 2.24) is 0 Å². The van der Waals surface area contributed by atoms with Crippen LogP contribution >= 0.6 is 0 Å². The largest absolute Gasteiger partial charge is 0.455 e. The van der Waals surface area contributed by atoms with Crippen LogP contribution in [0.4, 0.5) is 5.69 Å². The monoisotopic (exact) mass is 337 g/mol. The normalized spacial score (nSPS) is 10.4. The van der Waals surface area contributed by atoms with E-state index in [9.17, 15) is 14.9 Å². The molecule has 3 aromatic rings. The molecule has 0 N–H and O–H groups in total. The van der Waals surface area contributed by atoms with E-state index in [1.807, 2.05) is 31.2 Å². The molecule has 0 fully saturated rings. The average molecular weight is 337 g/mol. The lowest BCUT2D eigenvalue weighted by molar-refractivity contribution is -0.384. The lowest BCUT2D eigenvalue weighted by Gasteiger charge is -2.03. The third-order valence-corrected chi connectivity index (χ3v) is 3.66. The second-order valence-electron chi connectivity index (χ2n) is 5.53. The van der Waals surface area contributed by atoms with Crippen LogP contribution in [0.1, 0.15) is 21.7 Å². The lowest BCUT2D eigenvalue weighted by Crippen LogP contribution is -2.03. The first kappa shape index (κ1) is 16.4. The smallest absolute Gasteiger partial charge is 0.374 e. The van der Waals surface area contributed by atoms with Gasteiger partial charge in [-0.2, -0.15) is 0 Å². The van der Waals surface area contributed by atoms with Gasteiger partial charge in [0.15, 0.2) is 0 Å². The Morgan fingerprint density at radius 3 is 2.36 bits per heavy atom. The molecule has 3 rings (SSSR count). The van der Waals surface area contributed by atoms with Crippen molar-refractivity contribution in [3.63, 3.8) is 0 Å². The number of aryl methyl sites for hydroxylation is 1. The highest BCUT2D eigenvalue weighted by atomic mass is 16.6. The summed E-state index contributed by atoms with van der Waals surface area (Å²) in [6, 6.07) is 16.7. The summed E-state index contributed by atoms with van der Waals surface area (Å²) in [5.74, 6) is -0.0358. The van der Waals surface area contributed by atoms with E-state index in [0.717, 1.165) is 11.1 Å². The summed E-state index contributed by atoms with van der Waals surface area (Å²) in [6.45, 7) is 2.14. The highest BCUT2D eigenvalue weighted by Gasteiger charge is 2.14. The highest BCUT2D eigenvalue weighted by Crippen LogP contribution is 2.25. The molecule has 0 aliphatic heterocycles. The summed E-state index contributed by atoms with van der Waals surface area (Å²) in [7, 11) is 0. The van der Waals surface area contributed by atoms with E-state index in [2.05, 4.69) is 0 Å². The van der Waals surface area contributed by atoms with Crippen LogP contribution < -0.4 is 0 Å². The second kappa shape index (κ2) is 7.00. The van der Waals surface area contributed by atoms with Gasteiger partial charge in [-0.15, -0.1) is 0 Å². The maximum absolute atomic E-state index is 12.1. The quantitative estimate of drug-likeness (QED) is 0.388. The first-order chi connectivity index (χ1) is 12.0. The molecule has 0 aliphatic carbocycles. The van der Waals surface area contributed by atoms with E-state index in [0.29, 0.717) is 11.3 Å². The number of non-ortho nitro benzene ring substituents is 1. The number of nitro groups is 1. The summed E-state index contributed by atoms with van der Waals surface area (Å²) in [4.78, 5) is 22.3. The molecule has 6 nitrogen and oxygen atoms in total. The number of esters is 1. The predicted molar refractivity (Wildman–Crippen MR) is 91.1 cm³/mol. The van der Waals surface area contributed by atoms with Crippen molar-refractivity contribution in [3.05, 3.63) is 87.7 Å². The molecule has 1 aromatic heterocycles. The molecule has 0 spiro atoms. The molecule has 0 aliphatic rings. The molecule has 0 atom stereocenters. The molecular formula is C19H15NO5. The summed E-state index contributed by atoms with van der Waals surface area (Å²) < 4.78 is 10.7. The molecular weight excluding hydrogens is 322 g/mol. The fourth-order valence-corrected chi connectivity index (χ4v) is 2.25. The Hall–Kier alpha value is -3.41. The molecule has 25 heavy (non-hydrogen) atoms. The van der Waals surface area contributed by atoms with Crippen molar-refractivity contribution >= 4 is 11.7 Å². The van der Waals surface area contributed by atoms with Gasteiger partial charge in [0.2, 0.25) is 5.76 Å². The molecule has 0 unspecified atom stereocenters. The Bertz CT molecular complexity index is 894. The van der Waals surface area contributed by atoms with Crippen LogP contribution in [0.15, 0.2) is 65.1 Å². The number of furan rings is 1. The first-order valence-corrected chi connectivity index (χ1v) is 7.60. The van der Waals surface area contributed by atoms with E-state index >= 15 is 0 Å². The van der Waals surface area contributed by atoms with Crippen molar-refractivity contribution in [2.45, 2.75) is 13.5 Å². The maximum atomic E-state index is 12.1. The Balaban J connectivity index is 1.66. The van der Waals surface area contributed by atoms with Gasteiger partial charge in [0.25, 0.3) is 5.69 Å². The van der Waals surface area contributed by atoms with Gasteiger partial charge in [0, 0.05) is 17.7 Å². The van der Waals surface area contributed by atoms with Gasteiger partial charge in [-0.3, -0.25) is 10.1 Å². The topological polar surface area (TPSA) is 82.6 Å². The molecule has 126 valence electrons. The van der Waals surface area contributed by atoms with Gasteiger partial charge in [-0.05, 0) is 36.8 Å². The molecule has 0 radical (unpaired) electrons. The van der Waals surface area contributed by atoms with Crippen LogP contribution in [0.25, 0.3) is 11.3 Å². The Labute approximate surface area is 143 Å². The Morgan fingerprint density at radius 1 is 1.04 bits per heavy atom. The van der Waals surface area contributed by atoms with Crippen LogP contribution in [0.3, 0.4) is 0 Å². The van der Waals surface area contributed by atoms with E-state index in [-0.39, 0.29) is 18.1 Å². The maximum Gasteiger partial charge on any atom is 0.374 e. The first-order valence-electron chi connectivity index (χ1n) is 7.60. The van der Waals surface area contributed by atoms with Gasteiger partial charge in [-0.25, -0.2) is 4.79 Å². The molecule has 6 heteroatoms. The number of carbonyl (C=O) groups excluding carboxylic acids is 1. The Morgan fingerprint density at radius 2 is 1.72 bits per heavy atom. The van der Waals surface area contributed by atoms with Gasteiger partial charge in [0.05, 0.1) is 4.92 Å². The number of nitro benzene ring substituents is 1. The second-order valence-corrected chi connectivity index (χ2v) is 5.53. The Kier molecular flexibility index (Phi) is 4.61. The minimum Gasteiger partial charge on any atom is -0.455 e. The van der Waals surface area contributed by atoms with Gasteiger partial charge < -0.3 is 9.15 Å². The van der Waals surface area contributed by atoms with Crippen LogP contribution in [0.5, 0.6) is 0 Å². The number of hydrogen-bond acceptors (Lipinski definition) is 5. The van der Waals surface area contributed by atoms with E-state index < -0.39 is 10.9 Å². The minimum absolute atomic E-state index is 0.00645. The van der Waals surface area contributed by atoms with Gasteiger partial charge >= 0.3 is 5.97 Å². The van der Waals surface area contributed by atoms with Gasteiger partial charge in [0.1, 0.15) is 12.4 Å². The van der Waals surface area contributed by atoms with E-state index in [1.54, 1.807) is 18.2 Å². The average Bonchev–Trinajstić information content (AvgIpc) is 3.11. The van der Waals surface area contributed by atoms with Crippen LogP contribution in [-0.4, -0.2) is 10.9 Å². The molecule has 0 saturated heterocycles. The van der Waals surface area contributed by atoms with Crippen LogP contribution in [-0.2, 0) is 11.3 Å². The van der Waals surface area contributed by atoms with Crippen LogP contribution in [0, 0.1) is 17.0 Å². The summed E-state index contributed by atoms with van der Waals surface area (Å²) in [5, 5.41) is 10.7. The van der Waals surface area contributed by atoms with Crippen molar-refractivity contribution in [2.75, 3.05) is 0 Å². The molecule has 0 amide bonds. The number of nitrogens with zero attached hydrogens (tertiary/aromatic N) is 1. The SMILES string of the molecule is Cc1ccc(COC(=O)c2ccc(-c3ccc([N+](=O)[O-])cc3)o2)cc1. The highest BCUT2D eigenvalue weighted by molar-refractivity contribution is 5.87. The summed E-state index contributed by atoms with van der Waals surface area (Å²) in [5.41, 5.74) is 2.66.